The summed E-state index contributed by atoms with van der Waals surface area (Å²) in [6.07, 6.45) is 48.3. The van der Waals surface area contributed by atoms with E-state index in [9.17, 15) is 0 Å². The van der Waals surface area contributed by atoms with Crippen molar-refractivity contribution in [2.75, 3.05) is 96.3 Å². The molecular formula is C88H144ErLaN9Si3Y. The predicted octanol–water partition coefficient (Wildman–Crippen LogP) is 22.2. The van der Waals surface area contributed by atoms with Crippen molar-refractivity contribution in [3.8, 4) is 0 Å². The molecule has 0 aromatic heterocycles. The quantitative estimate of drug-likeness (QED) is 0.118. The molecule has 0 amide bonds. The minimum atomic E-state index is -1.59. The number of para-hydroxylation sites is 3. The van der Waals surface area contributed by atoms with Crippen LogP contribution >= 0.6 is 0 Å². The predicted molar refractivity (Wildman–Crippen MR) is 454 cm³/mol. The SMILES string of the molecule is CC(C)(C)[N-][Si](C)(C)C1CC(N2CCCC2)C2C=CC=CC21.CC(C)[N-][Si](C)(C)C1CC(N2CCCC2)C2C=CC=CC21.C[Si](C)([N-]C1CCCCC1)C1CC(N2CCCC2)C2C=CC=CC21.[CH2-]c1ccccc1N(C)C.[CH2-]c1ccccc1N(C)C.[CH2-]c1ccccc1N(C)C.[CH3-].[CH3-].[CH3-].[Er+3].[La+3].[Y+3]. The number of fused-ring (bicyclic) bond motifs is 3. The molecule has 3 aliphatic heterocycles. The van der Waals surface area contributed by atoms with Crippen LogP contribution < -0.4 is 14.7 Å². The Balaban J connectivity index is 0.000000430. The molecule has 571 valence electrons. The summed E-state index contributed by atoms with van der Waals surface area (Å²) in [6.45, 7) is 46.1. The van der Waals surface area contributed by atoms with Crippen molar-refractivity contribution in [2.24, 2.45) is 35.5 Å². The Morgan fingerprint density at radius 2 is 0.689 bits per heavy atom. The molecule has 1 radical (unpaired) electrons. The standard InChI is InChI=1S/C21H35N2Si.C19H33N2Si.C18H31N2Si.3C9H12N.3CH3.Er.La.Y/c1-24(2,22-17-10-4-3-5-11-17)21-16-20(23-14-8-9-15-23)18-12-6-7-13-19(18)21;1-19(2,3)20-22(4,5)18-14-17(21-12-8-9-13-21)15-10-6-7-11-16(15)18;1-14(2)19-21(3,4)18-13-17(20-11-7-8-12-20)15-9-5-6-10-16(15)18;3*1-8-6-4-5-7-9(8)10(2)3;;;;;;/h6-7,12-13,17-21H,3-5,8-11,14-16H2,1-2H3;6-7,10-11,15-18H,8-9,12-14H2,1-5H3;5-6,9-10,14-18H,7-8,11-13H2,1-4H3;3*4-7H,1H2,2-3H3;3*1H3;;;/q9*-1;3*+3. The zero-order valence-electron chi connectivity index (χ0n) is 68.7. The summed E-state index contributed by atoms with van der Waals surface area (Å²) in [5.41, 5.74) is 9.34. The van der Waals surface area contributed by atoms with Crippen molar-refractivity contribution in [2.45, 2.75) is 216 Å². The Bertz CT molecular complexity index is 2940. The van der Waals surface area contributed by atoms with E-state index in [2.05, 4.69) is 215 Å². The van der Waals surface area contributed by atoms with Crippen LogP contribution in [0.4, 0.5) is 17.1 Å². The maximum atomic E-state index is 5.56. The summed E-state index contributed by atoms with van der Waals surface area (Å²) in [5.74, 6) is 4.46. The Morgan fingerprint density at radius 3 is 0.951 bits per heavy atom. The first-order valence-corrected chi connectivity index (χ1v) is 47.3. The average molecular weight is 1810 g/mol. The minimum absolute atomic E-state index is 0. The molecule has 0 bridgehead atoms. The summed E-state index contributed by atoms with van der Waals surface area (Å²) in [4.78, 5) is 30.7. The van der Waals surface area contributed by atoms with Gasteiger partial charge in [0.05, 0.1) is 0 Å². The summed E-state index contributed by atoms with van der Waals surface area (Å²) in [7, 11) is 7.45. The fourth-order valence-corrected chi connectivity index (χ4v) is 30.1. The molecule has 12 atom stereocenters. The molecule has 10 aliphatic rings. The van der Waals surface area contributed by atoms with E-state index in [0.29, 0.717) is 12.1 Å². The molecule has 7 fully saturated rings. The van der Waals surface area contributed by atoms with E-state index in [4.69, 9.17) is 14.9 Å². The van der Waals surface area contributed by atoms with Gasteiger partial charge in [0.1, 0.15) is 0 Å². The van der Waals surface area contributed by atoms with Gasteiger partial charge in [-0.25, -0.2) is 0 Å². The second-order valence-electron chi connectivity index (χ2n) is 33.7. The Hall–Kier alpha value is -0.934. The monoisotopic (exact) mass is 1800 g/mol. The van der Waals surface area contributed by atoms with Crippen LogP contribution in [0.2, 0.25) is 55.9 Å². The first-order chi connectivity index (χ1) is 46.1. The van der Waals surface area contributed by atoms with Gasteiger partial charge in [-0.2, -0.15) is 55.7 Å². The van der Waals surface area contributed by atoms with Crippen LogP contribution in [-0.2, 0) is 32.7 Å². The van der Waals surface area contributed by atoms with Gasteiger partial charge >= 0.3 is 106 Å². The van der Waals surface area contributed by atoms with E-state index in [1.165, 1.54) is 146 Å². The number of likely N-dealkylation sites (tertiary alicyclic amines) is 3. The van der Waals surface area contributed by atoms with Gasteiger partial charge in [-0.05, 0) is 175 Å². The molecule has 7 aliphatic carbocycles. The minimum Gasteiger partial charge on any atom is -0.662 e. The van der Waals surface area contributed by atoms with Crippen molar-refractivity contribution in [1.82, 2.24) is 14.7 Å². The van der Waals surface area contributed by atoms with E-state index in [1.807, 2.05) is 96.9 Å². The molecule has 4 saturated carbocycles. The zero-order valence-corrected chi connectivity index (χ0v) is 80.0. The molecule has 12 unspecified atom stereocenters. The van der Waals surface area contributed by atoms with Crippen LogP contribution in [0.15, 0.2) is 146 Å². The van der Waals surface area contributed by atoms with E-state index in [-0.39, 0.29) is 133 Å². The topological polar surface area (TPSA) is 61.7 Å². The van der Waals surface area contributed by atoms with Crippen molar-refractivity contribution in [3.05, 3.63) is 220 Å². The fourth-order valence-electron chi connectivity index (χ4n) is 19.0. The molecule has 13 rings (SSSR count). The molecule has 15 heteroatoms. The third-order valence-corrected chi connectivity index (χ3v) is 33.9. The summed E-state index contributed by atoms with van der Waals surface area (Å²) >= 11 is 0. The van der Waals surface area contributed by atoms with Gasteiger partial charge in [0.15, 0.2) is 0 Å². The third kappa shape index (κ3) is 28.0. The largest absolute Gasteiger partial charge is 3.00 e. The number of benzene rings is 3. The van der Waals surface area contributed by atoms with Crippen LogP contribution in [-0.4, -0.2) is 157 Å². The summed E-state index contributed by atoms with van der Waals surface area (Å²) in [6, 6.07) is 27.7. The number of allylic oxidation sites excluding steroid dienone is 9. The van der Waals surface area contributed by atoms with Gasteiger partial charge in [0, 0.05) is 18.1 Å². The van der Waals surface area contributed by atoms with E-state index >= 15 is 0 Å². The molecule has 0 N–H and O–H groups in total. The maximum Gasteiger partial charge on any atom is 3.00 e. The first-order valence-electron chi connectivity index (χ1n) is 38.3. The van der Waals surface area contributed by atoms with Gasteiger partial charge in [-0.3, -0.25) is 14.7 Å². The zero-order chi connectivity index (χ0) is 70.2. The maximum absolute atomic E-state index is 5.56. The number of hydrogen-bond acceptors (Lipinski definition) is 6. The molecular weight excluding hydrogens is 1660 g/mol. The fraction of sp³-hybridized carbons (Fsp3) is 0.591. The normalized spacial score (nSPS) is 26.7. The average Bonchev–Trinajstić information content (AvgIpc) is 1.63. The van der Waals surface area contributed by atoms with Gasteiger partial charge in [0.2, 0.25) is 0 Å². The summed E-state index contributed by atoms with van der Waals surface area (Å²) in [5, 5.41) is 0. The smallest absolute Gasteiger partial charge is 0.662 e. The number of nitrogens with zero attached hydrogens (tertiary/aromatic N) is 9. The second-order valence-corrected chi connectivity index (χ2v) is 46.6. The van der Waals surface area contributed by atoms with Crippen LogP contribution in [0.1, 0.15) is 141 Å². The first kappa shape index (κ1) is 98.1. The van der Waals surface area contributed by atoms with Crippen LogP contribution in [0, 0.1) is 151 Å². The Morgan fingerprint density at radius 1 is 0.417 bits per heavy atom. The molecule has 0 spiro atoms. The van der Waals surface area contributed by atoms with E-state index in [0.717, 1.165) is 86.9 Å². The van der Waals surface area contributed by atoms with Crippen molar-refractivity contribution < 1.29 is 106 Å². The van der Waals surface area contributed by atoms with E-state index < -0.39 is 24.7 Å². The van der Waals surface area contributed by atoms with Crippen LogP contribution in [0.3, 0.4) is 0 Å². The van der Waals surface area contributed by atoms with Gasteiger partial charge < -0.3 is 51.9 Å². The molecule has 3 saturated heterocycles. The van der Waals surface area contributed by atoms with Gasteiger partial charge in [-0.1, -0.05) is 274 Å². The molecule has 103 heavy (non-hydrogen) atoms. The molecule has 9 nitrogen and oxygen atoms in total. The number of rotatable bonds is 14. The second kappa shape index (κ2) is 46.2. The number of hydrogen-bond donors (Lipinski definition) is 0. The number of anilines is 3. The molecule has 3 heterocycles. The van der Waals surface area contributed by atoms with E-state index in [1.54, 1.807) is 0 Å². The van der Waals surface area contributed by atoms with Gasteiger partial charge in [0.25, 0.3) is 0 Å². The Kier molecular flexibility index (Phi) is 44.0. The molecule has 3 aromatic rings. The van der Waals surface area contributed by atoms with Gasteiger partial charge in [-0.15, -0.1) is 35.8 Å². The molecule has 3 aromatic carbocycles. The van der Waals surface area contributed by atoms with Crippen molar-refractivity contribution in [3.63, 3.8) is 0 Å². The van der Waals surface area contributed by atoms with Crippen molar-refractivity contribution in [1.29, 1.82) is 0 Å². The van der Waals surface area contributed by atoms with Crippen LogP contribution in [0.5, 0.6) is 0 Å². The van der Waals surface area contributed by atoms with Crippen molar-refractivity contribution >= 4 is 41.8 Å². The summed E-state index contributed by atoms with van der Waals surface area (Å²) < 4.78 is 0. The Labute approximate surface area is 722 Å². The van der Waals surface area contributed by atoms with Crippen LogP contribution in [0.25, 0.3) is 14.9 Å². The third-order valence-electron chi connectivity index (χ3n) is 23.2.